The third-order valence-corrected chi connectivity index (χ3v) is 4.84. The van der Waals surface area contributed by atoms with Crippen molar-refractivity contribution in [2.45, 2.75) is 39.2 Å². The maximum absolute atomic E-state index is 12.8. The number of nitrogens with one attached hydrogen (secondary N) is 1. The first-order valence-electron chi connectivity index (χ1n) is 9.56. The molecule has 1 saturated carbocycles. The van der Waals surface area contributed by atoms with Crippen molar-refractivity contribution in [2.75, 3.05) is 5.32 Å². The van der Waals surface area contributed by atoms with Gasteiger partial charge in [0.15, 0.2) is 0 Å². The van der Waals surface area contributed by atoms with E-state index in [9.17, 15) is 4.79 Å². The minimum absolute atomic E-state index is 0.152. The number of amides is 1. The van der Waals surface area contributed by atoms with Crippen molar-refractivity contribution in [1.82, 2.24) is 14.8 Å². The van der Waals surface area contributed by atoms with Gasteiger partial charge in [-0.05, 0) is 56.5 Å². The highest BCUT2D eigenvalue weighted by molar-refractivity contribution is 6.04. The van der Waals surface area contributed by atoms with Crippen LogP contribution in [-0.2, 0) is 6.54 Å². The molecule has 140 valence electrons. The third kappa shape index (κ3) is 3.96. The van der Waals surface area contributed by atoms with E-state index in [-0.39, 0.29) is 5.91 Å². The van der Waals surface area contributed by atoms with Crippen LogP contribution < -0.4 is 5.32 Å². The number of hydrogen-bond donors (Lipinski definition) is 1. The molecule has 1 N–H and O–H groups in total. The van der Waals surface area contributed by atoms with E-state index in [0.717, 1.165) is 34.7 Å². The van der Waals surface area contributed by atoms with Crippen LogP contribution in [0.3, 0.4) is 0 Å². The highest BCUT2D eigenvalue weighted by Crippen LogP contribution is 2.40. The van der Waals surface area contributed by atoms with E-state index in [1.165, 1.54) is 12.8 Å². The molecule has 1 fully saturated rings. The summed E-state index contributed by atoms with van der Waals surface area (Å²) in [6, 6.07) is 11.4. The van der Waals surface area contributed by atoms with Crippen LogP contribution in [0.1, 0.15) is 58.4 Å². The molecule has 4 rings (SSSR count). The molecule has 0 atom stereocenters. The number of rotatable bonds is 4. The van der Waals surface area contributed by atoms with E-state index in [2.05, 4.69) is 27.2 Å². The number of anilines is 1. The first-order chi connectivity index (χ1) is 13.6. The molecular weight excluding hydrogens is 348 g/mol. The van der Waals surface area contributed by atoms with Crippen LogP contribution in [0.4, 0.5) is 5.82 Å². The van der Waals surface area contributed by atoms with E-state index < -0.39 is 0 Å². The van der Waals surface area contributed by atoms with Gasteiger partial charge in [-0.15, -0.1) is 0 Å². The van der Waals surface area contributed by atoms with Crippen molar-refractivity contribution in [1.29, 1.82) is 0 Å². The largest absolute Gasteiger partial charge is 0.307 e. The maximum Gasteiger partial charge on any atom is 0.256 e. The van der Waals surface area contributed by atoms with Gasteiger partial charge in [-0.2, -0.15) is 5.10 Å². The molecule has 0 unspecified atom stereocenters. The van der Waals surface area contributed by atoms with Crippen LogP contribution in [0.15, 0.2) is 48.8 Å². The lowest BCUT2D eigenvalue weighted by Gasteiger charge is -2.08. The summed E-state index contributed by atoms with van der Waals surface area (Å²) >= 11 is 0. The molecule has 3 aromatic rings. The fourth-order valence-electron chi connectivity index (χ4n) is 3.02. The normalized spacial score (nSPS) is 12.9. The SMILES string of the molecule is CCn1nc(C2CC2)cc1NC(=O)c1ccc(C)c(C#Cc2cccnc2)c1. The van der Waals surface area contributed by atoms with E-state index in [1.807, 2.05) is 54.9 Å². The van der Waals surface area contributed by atoms with Crippen molar-refractivity contribution >= 4 is 11.7 Å². The average Bonchev–Trinajstić information content (AvgIpc) is 3.49. The highest BCUT2D eigenvalue weighted by atomic mass is 16.1. The minimum Gasteiger partial charge on any atom is -0.307 e. The number of pyridine rings is 1. The highest BCUT2D eigenvalue weighted by Gasteiger charge is 2.27. The minimum atomic E-state index is -0.152. The molecular formula is C23H22N4O. The van der Waals surface area contributed by atoms with Gasteiger partial charge in [0.1, 0.15) is 5.82 Å². The summed E-state index contributed by atoms with van der Waals surface area (Å²) in [5.41, 5.74) is 4.36. The van der Waals surface area contributed by atoms with Gasteiger partial charge in [0.25, 0.3) is 5.91 Å². The van der Waals surface area contributed by atoms with Crippen LogP contribution in [0.25, 0.3) is 0 Å². The first kappa shape index (κ1) is 18.0. The average molecular weight is 370 g/mol. The van der Waals surface area contributed by atoms with Crippen molar-refractivity contribution in [3.05, 3.63) is 76.7 Å². The number of nitrogens with zero attached hydrogens (tertiary/aromatic N) is 3. The van der Waals surface area contributed by atoms with Crippen LogP contribution in [-0.4, -0.2) is 20.7 Å². The fraction of sp³-hybridized carbons (Fsp3) is 0.261. The maximum atomic E-state index is 12.8. The summed E-state index contributed by atoms with van der Waals surface area (Å²) in [6.45, 7) is 4.73. The number of carbonyl (C=O) groups excluding carboxylic acids is 1. The molecule has 2 heterocycles. The molecule has 0 aliphatic heterocycles. The third-order valence-electron chi connectivity index (χ3n) is 4.84. The Morgan fingerprint density at radius 1 is 1.25 bits per heavy atom. The summed E-state index contributed by atoms with van der Waals surface area (Å²) in [7, 11) is 0. The second-order valence-electron chi connectivity index (χ2n) is 7.02. The second-order valence-corrected chi connectivity index (χ2v) is 7.02. The zero-order chi connectivity index (χ0) is 19.5. The van der Waals surface area contributed by atoms with Gasteiger partial charge in [0, 0.05) is 47.6 Å². The van der Waals surface area contributed by atoms with Crippen molar-refractivity contribution in [3.63, 3.8) is 0 Å². The molecule has 1 aliphatic rings. The summed E-state index contributed by atoms with van der Waals surface area (Å²) in [6.07, 6.45) is 5.81. The van der Waals surface area contributed by atoms with E-state index in [1.54, 1.807) is 12.4 Å². The number of aryl methyl sites for hydroxylation is 2. The van der Waals surface area contributed by atoms with E-state index >= 15 is 0 Å². The van der Waals surface area contributed by atoms with E-state index in [4.69, 9.17) is 0 Å². The number of carbonyl (C=O) groups is 1. The summed E-state index contributed by atoms with van der Waals surface area (Å²) < 4.78 is 1.85. The smallest absolute Gasteiger partial charge is 0.256 e. The van der Waals surface area contributed by atoms with Gasteiger partial charge in [-0.25, -0.2) is 4.68 Å². The monoisotopic (exact) mass is 370 g/mol. The molecule has 2 aromatic heterocycles. The van der Waals surface area contributed by atoms with Gasteiger partial charge in [0.2, 0.25) is 0 Å². The second kappa shape index (κ2) is 7.69. The molecule has 0 spiro atoms. The fourth-order valence-corrected chi connectivity index (χ4v) is 3.02. The molecule has 5 heteroatoms. The quantitative estimate of drug-likeness (QED) is 0.702. The molecule has 0 radical (unpaired) electrons. The molecule has 0 saturated heterocycles. The van der Waals surface area contributed by atoms with Gasteiger partial charge in [-0.1, -0.05) is 17.9 Å². The Kier molecular flexibility index (Phi) is 4.94. The molecule has 1 aromatic carbocycles. The Morgan fingerprint density at radius 3 is 2.82 bits per heavy atom. The molecule has 5 nitrogen and oxygen atoms in total. The van der Waals surface area contributed by atoms with Gasteiger partial charge >= 0.3 is 0 Å². The van der Waals surface area contributed by atoms with Crippen LogP contribution in [0.2, 0.25) is 0 Å². The molecule has 1 aliphatic carbocycles. The lowest BCUT2D eigenvalue weighted by atomic mass is 10.0. The topological polar surface area (TPSA) is 59.8 Å². The predicted molar refractivity (Wildman–Crippen MR) is 109 cm³/mol. The Bertz CT molecular complexity index is 1070. The Balaban J connectivity index is 1.56. The lowest BCUT2D eigenvalue weighted by molar-refractivity contribution is 0.102. The summed E-state index contributed by atoms with van der Waals surface area (Å²) in [5, 5.41) is 7.61. The van der Waals surface area contributed by atoms with Crippen molar-refractivity contribution < 1.29 is 4.79 Å². The number of hydrogen-bond acceptors (Lipinski definition) is 3. The number of aromatic nitrogens is 3. The molecule has 1 amide bonds. The van der Waals surface area contributed by atoms with E-state index in [0.29, 0.717) is 11.5 Å². The summed E-state index contributed by atoms with van der Waals surface area (Å²) in [4.78, 5) is 16.9. The Hall–Kier alpha value is -3.39. The van der Waals surface area contributed by atoms with Gasteiger partial charge < -0.3 is 5.32 Å². The standard InChI is InChI=1S/C23H22N4O/c1-3-27-22(14-21(26-27)18-10-11-18)25-23(28)20-8-6-16(2)19(13-20)9-7-17-5-4-12-24-15-17/h4-6,8,12-15,18H,3,10-11H2,1-2H3,(H,25,28). The summed E-state index contributed by atoms with van der Waals surface area (Å²) in [5.74, 6) is 7.40. The molecule has 28 heavy (non-hydrogen) atoms. The van der Waals surface area contributed by atoms with Crippen LogP contribution >= 0.6 is 0 Å². The van der Waals surface area contributed by atoms with Gasteiger partial charge in [0.05, 0.1) is 5.69 Å². The Morgan fingerprint density at radius 2 is 2.11 bits per heavy atom. The van der Waals surface area contributed by atoms with Crippen LogP contribution in [0.5, 0.6) is 0 Å². The number of benzene rings is 1. The first-order valence-corrected chi connectivity index (χ1v) is 9.56. The van der Waals surface area contributed by atoms with Crippen LogP contribution in [0, 0.1) is 18.8 Å². The van der Waals surface area contributed by atoms with Crippen molar-refractivity contribution in [3.8, 4) is 11.8 Å². The zero-order valence-electron chi connectivity index (χ0n) is 16.1. The molecule has 0 bridgehead atoms. The Labute approximate surface area is 164 Å². The zero-order valence-corrected chi connectivity index (χ0v) is 16.1. The van der Waals surface area contributed by atoms with Gasteiger partial charge in [-0.3, -0.25) is 9.78 Å². The predicted octanol–water partition coefficient (Wildman–Crippen LogP) is 4.14. The van der Waals surface area contributed by atoms with Crippen molar-refractivity contribution in [2.24, 2.45) is 0 Å². The lowest BCUT2D eigenvalue weighted by Crippen LogP contribution is -2.15.